The predicted molar refractivity (Wildman–Crippen MR) is 135 cm³/mol. The molecule has 12 heteroatoms. The Morgan fingerprint density at radius 3 is 2.08 bits per heavy atom. The number of alkyl halides is 2. The Labute approximate surface area is 222 Å². The topological polar surface area (TPSA) is 108 Å². The molecule has 0 aliphatic rings. The molecule has 0 radical (unpaired) electrons. The summed E-state index contributed by atoms with van der Waals surface area (Å²) in [6.45, 7) is 1.76. The van der Waals surface area contributed by atoms with Gasteiger partial charge in [0.2, 0.25) is 11.7 Å². The zero-order valence-electron chi connectivity index (χ0n) is 19.5. The van der Waals surface area contributed by atoms with E-state index in [4.69, 9.17) is 34.8 Å². The van der Waals surface area contributed by atoms with Crippen LogP contribution in [0.5, 0.6) is 5.75 Å². The molecule has 196 valence electrons. The van der Waals surface area contributed by atoms with Gasteiger partial charge in [-0.3, -0.25) is 19.7 Å². The summed E-state index contributed by atoms with van der Waals surface area (Å²) in [6, 6.07) is 4.39. The van der Waals surface area contributed by atoms with Crippen LogP contribution in [-0.2, 0) is 20.8 Å². The number of aromatic hydroxyl groups is 1. The van der Waals surface area contributed by atoms with Gasteiger partial charge in [-0.1, -0.05) is 60.3 Å². The molecule has 0 unspecified atom stereocenters. The van der Waals surface area contributed by atoms with Crippen molar-refractivity contribution in [2.24, 2.45) is 0 Å². The number of halogens is 5. The molecule has 0 spiro atoms. The Balaban J connectivity index is 2.42. The van der Waals surface area contributed by atoms with Crippen molar-refractivity contribution in [2.75, 3.05) is 7.05 Å². The first-order chi connectivity index (χ1) is 17.0. The van der Waals surface area contributed by atoms with Crippen molar-refractivity contribution in [1.29, 1.82) is 0 Å². The standard InChI is InChI=1S/C24H26Cl3F2N3O4/c1-3-4-17(21(34)24(36)30-2)32-23(35)18(11-12-9-15(26)20(33)16(27)10-12)31-19(22(28)29)13-5-7-14(25)8-6-13/h5-10,17-19,22,31,33H,3-4,11H2,1-2H3,(H,30,36)(H,32,35)/t17-,18-,19-/m0/s1. The number of benzene rings is 2. The smallest absolute Gasteiger partial charge is 0.289 e. The van der Waals surface area contributed by atoms with E-state index in [-0.39, 0.29) is 34.2 Å². The van der Waals surface area contributed by atoms with Crippen molar-refractivity contribution in [1.82, 2.24) is 16.0 Å². The van der Waals surface area contributed by atoms with E-state index >= 15 is 0 Å². The lowest BCUT2D eigenvalue weighted by Crippen LogP contribution is -2.54. The van der Waals surface area contributed by atoms with E-state index < -0.39 is 42.1 Å². The Morgan fingerprint density at radius 2 is 1.58 bits per heavy atom. The molecule has 0 bridgehead atoms. The van der Waals surface area contributed by atoms with Gasteiger partial charge < -0.3 is 15.7 Å². The van der Waals surface area contributed by atoms with Crippen LogP contribution in [0.15, 0.2) is 36.4 Å². The predicted octanol–water partition coefficient (Wildman–Crippen LogP) is 4.46. The van der Waals surface area contributed by atoms with Crippen LogP contribution in [0.3, 0.4) is 0 Å². The lowest BCUT2D eigenvalue weighted by molar-refractivity contribution is -0.140. The lowest BCUT2D eigenvalue weighted by Gasteiger charge is -2.27. The van der Waals surface area contributed by atoms with Crippen LogP contribution in [0.2, 0.25) is 15.1 Å². The number of carbonyl (C=O) groups excluding carboxylic acids is 3. The van der Waals surface area contributed by atoms with E-state index in [0.29, 0.717) is 17.0 Å². The maximum absolute atomic E-state index is 14.1. The van der Waals surface area contributed by atoms with Gasteiger partial charge in [0.15, 0.2) is 5.75 Å². The van der Waals surface area contributed by atoms with E-state index in [0.717, 1.165) is 0 Å². The highest BCUT2D eigenvalue weighted by Crippen LogP contribution is 2.33. The third-order valence-electron chi connectivity index (χ3n) is 5.36. The molecule has 7 nitrogen and oxygen atoms in total. The van der Waals surface area contributed by atoms with Crippen molar-refractivity contribution in [3.05, 3.63) is 62.6 Å². The first-order valence-electron chi connectivity index (χ1n) is 11.0. The molecular formula is C24H26Cl3F2N3O4. The number of Topliss-reactive ketones (excluding diaryl/α,β-unsaturated/α-hetero) is 1. The van der Waals surface area contributed by atoms with Gasteiger partial charge in [-0.05, 0) is 48.2 Å². The fraction of sp³-hybridized carbons (Fsp3) is 0.375. The molecule has 0 aliphatic heterocycles. The van der Waals surface area contributed by atoms with Gasteiger partial charge in [0, 0.05) is 12.1 Å². The Bertz CT molecular complexity index is 1060. The highest BCUT2D eigenvalue weighted by Gasteiger charge is 2.32. The number of hydrogen-bond acceptors (Lipinski definition) is 5. The van der Waals surface area contributed by atoms with Gasteiger partial charge in [0.1, 0.15) is 0 Å². The summed E-state index contributed by atoms with van der Waals surface area (Å²) < 4.78 is 28.2. The molecule has 0 saturated carbocycles. The van der Waals surface area contributed by atoms with Gasteiger partial charge in [-0.15, -0.1) is 0 Å². The quantitative estimate of drug-likeness (QED) is 0.285. The molecule has 2 aromatic carbocycles. The first kappa shape index (κ1) is 29.8. The van der Waals surface area contributed by atoms with Crippen molar-refractivity contribution < 1.29 is 28.3 Å². The van der Waals surface area contributed by atoms with E-state index in [1.165, 1.54) is 43.4 Å². The number of carbonyl (C=O) groups is 3. The highest BCUT2D eigenvalue weighted by molar-refractivity contribution is 6.38. The van der Waals surface area contributed by atoms with E-state index in [1.54, 1.807) is 6.92 Å². The van der Waals surface area contributed by atoms with Crippen LogP contribution in [0, 0.1) is 0 Å². The van der Waals surface area contributed by atoms with Crippen molar-refractivity contribution in [2.45, 2.75) is 50.7 Å². The summed E-state index contributed by atoms with van der Waals surface area (Å²) >= 11 is 17.9. The summed E-state index contributed by atoms with van der Waals surface area (Å²) in [6.07, 6.45) is -2.45. The highest BCUT2D eigenvalue weighted by atomic mass is 35.5. The van der Waals surface area contributed by atoms with Crippen LogP contribution in [-0.4, -0.2) is 48.3 Å². The second-order valence-electron chi connectivity index (χ2n) is 7.99. The summed E-state index contributed by atoms with van der Waals surface area (Å²) in [5.74, 6) is -2.89. The molecule has 2 aromatic rings. The van der Waals surface area contributed by atoms with Crippen LogP contribution in [0.25, 0.3) is 0 Å². The molecule has 0 fully saturated rings. The van der Waals surface area contributed by atoms with Gasteiger partial charge in [0.25, 0.3) is 12.3 Å². The van der Waals surface area contributed by atoms with Crippen molar-refractivity contribution in [3.8, 4) is 5.75 Å². The van der Waals surface area contributed by atoms with Crippen LogP contribution in [0.4, 0.5) is 8.78 Å². The molecule has 2 rings (SSSR count). The minimum Gasteiger partial charge on any atom is -0.505 e. The van der Waals surface area contributed by atoms with Crippen molar-refractivity contribution >= 4 is 52.4 Å². The summed E-state index contributed by atoms with van der Waals surface area (Å²) in [7, 11) is 1.28. The fourth-order valence-corrected chi connectivity index (χ4v) is 4.17. The number of phenolic OH excluding ortho intramolecular Hbond substituents is 1. The minimum atomic E-state index is -2.91. The van der Waals surface area contributed by atoms with Gasteiger partial charge in [-0.25, -0.2) is 8.78 Å². The van der Waals surface area contributed by atoms with Crippen LogP contribution >= 0.6 is 34.8 Å². The maximum atomic E-state index is 14.1. The number of amides is 2. The fourth-order valence-electron chi connectivity index (χ4n) is 3.51. The Morgan fingerprint density at radius 1 is 1.00 bits per heavy atom. The molecule has 0 aliphatic carbocycles. The molecule has 0 saturated heterocycles. The van der Waals surface area contributed by atoms with Gasteiger partial charge in [0.05, 0.1) is 28.2 Å². The zero-order chi connectivity index (χ0) is 27.0. The van der Waals surface area contributed by atoms with Crippen molar-refractivity contribution in [3.63, 3.8) is 0 Å². The lowest BCUT2D eigenvalue weighted by atomic mass is 10.00. The monoisotopic (exact) mass is 563 g/mol. The number of ketones is 1. The Hall–Kier alpha value is -2.46. The maximum Gasteiger partial charge on any atom is 0.289 e. The van der Waals surface area contributed by atoms with E-state index in [9.17, 15) is 28.3 Å². The number of nitrogens with one attached hydrogen (secondary N) is 3. The third kappa shape index (κ3) is 8.03. The number of rotatable bonds is 12. The first-order valence-corrected chi connectivity index (χ1v) is 12.1. The van der Waals surface area contributed by atoms with Crippen LogP contribution < -0.4 is 16.0 Å². The average molecular weight is 565 g/mol. The number of likely N-dealkylation sites (N-methyl/N-ethyl adjacent to an activating group) is 1. The largest absolute Gasteiger partial charge is 0.505 e. The van der Waals surface area contributed by atoms with Crippen LogP contribution in [0.1, 0.15) is 36.9 Å². The second-order valence-corrected chi connectivity index (χ2v) is 9.24. The molecule has 4 N–H and O–H groups in total. The van der Waals surface area contributed by atoms with E-state index in [2.05, 4.69) is 16.0 Å². The molecule has 0 heterocycles. The molecule has 0 aromatic heterocycles. The normalized spacial score (nSPS) is 13.7. The third-order valence-corrected chi connectivity index (χ3v) is 6.18. The SMILES string of the molecule is CCC[C@H](NC(=O)[C@H](Cc1cc(Cl)c(O)c(Cl)c1)N[C@@H](c1ccc(Cl)cc1)C(F)F)C(=O)C(=O)NC. The summed E-state index contributed by atoms with van der Waals surface area (Å²) in [5.41, 5.74) is 0.546. The summed E-state index contributed by atoms with van der Waals surface area (Å²) in [5, 5.41) is 17.4. The van der Waals surface area contributed by atoms with Gasteiger partial charge >= 0.3 is 0 Å². The zero-order valence-corrected chi connectivity index (χ0v) is 21.7. The molecular weight excluding hydrogens is 539 g/mol. The molecule has 36 heavy (non-hydrogen) atoms. The summed E-state index contributed by atoms with van der Waals surface area (Å²) in [4.78, 5) is 37.6. The minimum absolute atomic E-state index is 0.0848. The van der Waals surface area contributed by atoms with E-state index in [1.807, 2.05) is 0 Å². The molecule has 2 amide bonds. The van der Waals surface area contributed by atoms with Gasteiger partial charge in [-0.2, -0.15) is 0 Å². The Kier molecular flexibility index (Phi) is 11.4. The number of hydrogen-bond donors (Lipinski definition) is 4. The average Bonchev–Trinajstić information content (AvgIpc) is 2.84. The molecule has 3 atom stereocenters. The second kappa shape index (κ2) is 13.7. The number of phenols is 1.